The van der Waals surface area contributed by atoms with Gasteiger partial charge in [0.1, 0.15) is 18.0 Å². The zero-order valence-corrected chi connectivity index (χ0v) is 9.60. The Hall–Kier alpha value is -1.51. The molecule has 1 aromatic heterocycles. The zero-order chi connectivity index (χ0) is 13.4. The van der Waals surface area contributed by atoms with Gasteiger partial charge in [0.2, 0.25) is 0 Å². The summed E-state index contributed by atoms with van der Waals surface area (Å²) in [6.07, 6.45) is -5.55. The lowest BCUT2D eigenvalue weighted by molar-refractivity contribution is -0.0783. The van der Waals surface area contributed by atoms with Gasteiger partial charge in [-0.15, -0.1) is 0 Å². The fourth-order valence-electron chi connectivity index (χ4n) is 1.90. The molecule has 0 amide bonds. The Bertz CT molecular complexity index is 492. The van der Waals surface area contributed by atoms with E-state index in [1.54, 1.807) is 0 Å². The molecule has 1 fully saturated rings. The summed E-state index contributed by atoms with van der Waals surface area (Å²) in [5.41, 5.74) is 4.54. The van der Waals surface area contributed by atoms with Crippen LogP contribution in [0.2, 0.25) is 0 Å². The summed E-state index contributed by atoms with van der Waals surface area (Å²) in [5.74, 6) is 0.0114. The molecule has 18 heavy (non-hydrogen) atoms. The summed E-state index contributed by atoms with van der Waals surface area (Å²) in [4.78, 5) is 15.0. The van der Waals surface area contributed by atoms with Crippen molar-refractivity contribution in [3.8, 4) is 0 Å². The van der Waals surface area contributed by atoms with Gasteiger partial charge in [0.05, 0.1) is 6.10 Å². The zero-order valence-electron chi connectivity index (χ0n) is 9.60. The SMILES string of the molecule is CC(O)[C@H]1O[C@@H](n2ccc(N)nc2=O)[C@@H](F)C1O. The Kier molecular flexibility index (Phi) is 3.33. The molecule has 8 heteroatoms. The van der Waals surface area contributed by atoms with Crippen LogP contribution in [0.25, 0.3) is 0 Å². The van der Waals surface area contributed by atoms with Crippen molar-refractivity contribution >= 4 is 5.82 Å². The van der Waals surface area contributed by atoms with Crippen molar-refractivity contribution in [1.82, 2.24) is 9.55 Å². The smallest absolute Gasteiger partial charge is 0.351 e. The lowest BCUT2D eigenvalue weighted by atomic mass is 10.1. The summed E-state index contributed by atoms with van der Waals surface area (Å²) < 4.78 is 19.9. The number of rotatable bonds is 2. The minimum atomic E-state index is -1.83. The summed E-state index contributed by atoms with van der Waals surface area (Å²) in [5, 5.41) is 18.9. The highest BCUT2D eigenvalue weighted by molar-refractivity contribution is 5.23. The van der Waals surface area contributed by atoms with Crippen LogP contribution in [0.3, 0.4) is 0 Å². The van der Waals surface area contributed by atoms with Gasteiger partial charge in [-0.1, -0.05) is 0 Å². The van der Waals surface area contributed by atoms with Gasteiger partial charge < -0.3 is 20.7 Å². The van der Waals surface area contributed by atoms with Gasteiger partial charge in [-0.2, -0.15) is 4.98 Å². The molecule has 2 heterocycles. The van der Waals surface area contributed by atoms with Gasteiger partial charge >= 0.3 is 5.69 Å². The maximum absolute atomic E-state index is 13.9. The quantitative estimate of drug-likeness (QED) is 0.615. The highest BCUT2D eigenvalue weighted by Gasteiger charge is 2.47. The molecule has 1 aliphatic rings. The van der Waals surface area contributed by atoms with E-state index in [0.717, 1.165) is 4.57 Å². The summed E-state index contributed by atoms with van der Waals surface area (Å²) in [6.45, 7) is 1.37. The number of hydrogen-bond donors (Lipinski definition) is 3. The van der Waals surface area contributed by atoms with Crippen molar-refractivity contribution in [2.24, 2.45) is 0 Å². The first-order valence-electron chi connectivity index (χ1n) is 5.42. The lowest BCUT2D eigenvalue weighted by Crippen LogP contribution is -2.36. The van der Waals surface area contributed by atoms with Crippen molar-refractivity contribution in [3.05, 3.63) is 22.7 Å². The Morgan fingerprint density at radius 2 is 2.33 bits per heavy atom. The van der Waals surface area contributed by atoms with Crippen LogP contribution in [0.15, 0.2) is 17.1 Å². The molecular weight excluding hydrogens is 245 g/mol. The number of nitrogens with zero attached hydrogens (tertiary/aromatic N) is 2. The maximum atomic E-state index is 13.9. The minimum Gasteiger partial charge on any atom is -0.391 e. The van der Waals surface area contributed by atoms with Crippen molar-refractivity contribution < 1.29 is 19.3 Å². The van der Waals surface area contributed by atoms with E-state index in [9.17, 15) is 19.4 Å². The van der Waals surface area contributed by atoms with Gasteiger partial charge in [-0.3, -0.25) is 4.57 Å². The molecule has 1 aromatic rings. The largest absolute Gasteiger partial charge is 0.391 e. The van der Waals surface area contributed by atoms with Crippen LogP contribution in [0, 0.1) is 0 Å². The maximum Gasteiger partial charge on any atom is 0.351 e. The van der Waals surface area contributed by atoms with E-state index in [1.807, 2.05) is 0 Å². The van der Waals surface area contributed by atoms with E-state index in [1.165, 1.54) is 19.2 Å². The summed E-state index contributed by atoms with van der Waals surface area (Å²) in [7, 11) is 0. The number of aliphatic hydroxyl groups excluding tert-OH is 2. The number of ether oxygens (including phenoxy) is 1. The van der Waals surface area contributed by atoms with Crippen LogP contribution in [-0.2, 0) is 4.74 Å². The summed E-state index contributed by atoms with van der Waals surface area (Å²) >= 11 is 0. The van der Waals surface area contributed by atoms with Gasteiger partial charge in [-0.05, 0) is 13.0 Å². The number of hydrogen-bond acceptors (Lipinski definition) is 6. The van der Waals surface area contributed by atoms with Crippen LogP contribution in [0.1, 0.15) is 13.2 Å². The number of alkyl halides is 1. The second-order valence-electron chi connectivity index (χ2n) is 4.21. The number of anilines is 1. The fraction of sp³-hybridized carbons (Fsp3) is 0.600. The van der Waals surface area contributed by atoms with Crippen LogP contribution < -0.4 is 11.4 Å². The molecule has 0 aliphatic carbocycles. The molecule has 4 N–H and O–H groups in total. The van der Waals surface area contributed by atoms with Crippen molar-refractivity contribution in [1.29, 1.82) is 0 Å². The first-order chi connectivity index (χ1) is 8.41. The number of aromatic nitrogens is 2. The van der Waals surface area contributed by atoms with Crippen molar-refractivity contribution in [2.45, 2.75) is 37.6 Å². The lowest BCUT2D eigenvalue weighted by Gasteiger charge is -2.17. The fourth-order valence-corrected chi connectivity index (χ4v) is 1.90. The molecule has 2 rings (SSSR count). The van der Waals surface area contributed by atoms with Crippen LogP contribution >= 0.6 is 0 Å². The number of nitrogen functional groups attached to an aromatic ring is 1. The molecule has 1 saturated heterocycles. The Balaban J connectivity index is 2.32. The van der Waals surface area contributed by atoms with E-state index >= 15 is 0 Å². The average Bonchev–Trinajstić information content (AvgIpc) is 2.57. The number of nitrogens with two attached hydrogens (primary N) is 1. The molecule has 7 nitrogen and oxygen atoms in total. The van der Waals surface area contributed by atoms with E-state index in [0.29, 0.717) is 0 Å². The molecule has 0 bridgehead atoms. The summed E-state index contributed by atoms with van der Waals surface area (Å²) in [6, 6.07) is 1.32. The van der Waals surface area contributed by atoms with Crippen LogP contribution in [0.4, 0.5) is 10.2 Å². The van der Waals surface area contributed by atoms with Crippen molar-refractivity contribution in [3.63, 3.8) is 0 Å². The van der Waals surface area contributed by atoms with E-state index in [-0.39, 0.29) is 5.82 Å². The van der Waals surface area contributed by atoms with Gasteiger partial charge in [0.25, 0.3) is 0 Å². The molecule has 0 radical (unpaired) electrons. The first kappa shape index (κ1) is 12.9. The second-order valence-corrected chi connectivity index (χ2v) is 4.21. The Labute approximate surface area is 102 Å². The topological polar surface area (TPSA) is 111 Å². The monoisotopic (exact) mass is 259 g/mol. The molecule has 0 aromatic carbocycles. The van der Waals surface area contributed by atoms with E-state index in [4.69, 9.17) is 10.5 Å². The van der Waals surface area contributed by atoms with Gasteiger partial charge in [0, 0.05) is 6.20 Å². The van der Waals surface area contributed by atoms with Crippen LogP contribution in [0.5, 0.6) is 0 Å². The molecular formula is C10H14FN3O4. The van der Waals surface area contributed by atoms with Gasteiger partial charge in [-0.25, -0.2) is 9.18 Å². The highest BCUT2D eigenvalue weighted by atomic mass is 19.1. The molecule has 0 spiro atoms. The second kappa shape index (κ2) is 4.63. The predicted octanol–water partition coefficient (Wildman–Crippen LogP) is -1.20. The third kappa shape index (κ3) is 2.09. The third-order valence-corrected chi connectivity index (χ3v) is 2.83. The molecule has 1 aliphatic heterocycles. The Morgan fingerprint density at radius 1 is 1.67 bits per heavy atom. The minimum absolute atomic E-state index is 0.0114. The van der Waals surface area contributed by atoms with Crippen LogP contribution in [-0.4, -0.2) is 44.2 Å². The third-order valence-electron chi connectivity index (χ3n) is 2.83. The van der Waals surface area contributed by atoms with Gasteiger partial charge in [0.15, 0.2) is 12.4 Å². The molecule has 2 unspecified atom stereocenters. The normalized spacial score (nSPS) is 33.6. The number of halogens is 1. The standard InChI is InChI=1S/C10H14FN3O4/c1-4(15)8-7(16)6(11)9(18-8)14-3-2-5(12)13-10(14)17/h2-4,6-9,15-16H,1H3,(H2,12,13,17)/t4?,6-,7?,8+,9+/m0/s1. The molecule has 100 valence electrons. The molecule has 0 saturated carbocycles. The van der Waals surface area contributed by atoms with E-state index < -0.39 is 36.4 Å². The number of aliphatic hydroxyl groups is 2. The first-order valence-corrected chi connectivity index (χ1v) is 5.42. The highest BCUT2D eigenvalue weighted by Crippen LogP contribution is 2.32. The average molecular weight is 259 g/mol. The Morgan fingerprint density at radius 3 is 2.83 bits per heavy atom. The van der Waals surface area contributed by atoms with Crippen molar-refractivity contribution in [2.75, 3.05) is 5.73 Å². The van der Waals surface area contributed by atoms with E-state index in [2.05, 4.69) is 4.98 Å². The predicted molar refractivity (Wildman–Crippen MR) is 59.4 cm³/mol. The molecule has 5 atom stereocenters.